The molecule has 0 radical (unpaired) electrons. The van der Waals surface area contributed by atoms with E-state index in [0.29, 0.717) is 13.2 Å². The maximum atomic E-state index is 12.4. The zero-order valence-electron chi connectivity index (χ0n) is 12.5. The summed E-state index contributed by atoms with van der Waals surface area (Å²) in [4.78, 5) is 12.4. The molecule has 0 saturated carbocycles. The van der Waals surface area contributed by atoms with E-state index in [1.54, 1.807) is 11.3 Å². The van der Waals surface area contributed by atoms with Gasteiger partial charge >= 0.3 is 0 Å². The van der Waals surface area contributed by atoms with E-state index in [9.17, 15) is 4.79 Å². The van der Waals surface area contributed by atoms with E-state index in [4.69, 9.17) is 4.74 Å². The summed E-state index contributed by atoms with van der Waals surface area (Å²) in [6, 6.07) is 7.95. The smallest absolute Gasteiger partial charge is 0.223 e. The maximum Gasteiger partial charge on any atom is 0.223 e. The Bertz CT molecular complexity index is 656. The zero-order chi connectivity index (χ0) is 15.4. The molecule has 1 aromatic heterocycles. The van der Waals surface area contributed by atoms with Crippen LogP contribution in [-0.4, -0.2) is 29.3 Å². The molecule has 116 valence electrons. The Hall–Kier alpha value is -1.95. The van der Waals surface area contributed by atoms with E-state index in [-0.39, 0.29) is 11.8 Å². The molecule has 0 unspecified atom stereocenters. The van der Waals surface area contributed by atoms with Crippen LogP contribution in [-0.2, 0) is 17.6 Å². The highest BCUT2D eigenvalue weighted by atomic mass is 32.1. The molecular weight excluding hydrogens is 298 g/mol. The van der Waals surface area contributed by atoms with Crippen molar-refractivity contribution in [3.8, 4) is 5.75 Å². The van der Waals surface area contributed by atoms with Crippen LogP contribution in [0.3, 0.4) is 0 Å². The maximum absolute atomic E-state index is 12.4. The van der Waals surface area contributed by atoms with Crippen molar-refractivity contribution in [3.63, 3.8) is 0 Å². The Labute approximate surface area is 133 Å². The monoisotopic (exact) mass is 317 g/mol. The predicted octanol–water partition coefficient (Wildman–Crippen LogP) is 2.15. The number of nitrogens with one attached hydrogen (secondary N) is 1. The summed E-state index contributed by atoms with van der Waals surface area (Å²) in [5.74, 6) is 0.975. The van der Waals surface area contributed by atoms with Crippen molar-refractivity contribution in [2.24, 2.45) is 5.92 Å². The highest BCUT2D eigenvalue weighted by molar-refractivity contribution is 7.11. The van der Waals surface area contributed by atoms with Gasteiger partial charge in [-0.1, -0.05) is 18.2 Å². The summed E-state index contributed by atoms with van der Waals surface area (Å²) in [7, 11) is 0. The normalized spacial score (nSPS) is 17.2. The van der Waals surface area contributed by atoms with Crippen molar-refractivity contribution in [3.05, 3.63) is 39.8 Å². The molecule has 22 heavy (non-hydrogen) atoms. The van der Waals surface area contributed by atoms with Gasteiger partial charge in [0.2, 0.25) is 5.91 Å². The molecular formula is C16H19N3O2S. The summed E-state index contributed by atoms with van der Waals surface area (Å²) in [6.45, 7) is 3.12. The van der Waals surface area contributed by atoms with Gasteiger partial charge in [-0.05, 0) is 31.4 Å². The number of aromatic nitrogens is 2. The molecule has 0 fully saturated rings. The number of benzene rings is 1. The quantitative estimate of drug-likeness (QED) is 0.938. The first kappa shape index (κ1) is 15.0. The van der Waals surface area contributed by atoms with Crippen LogP contribution in [0.25, 0.3) is 0 Å². The standard InChI is InChI=1S/C16H19N3O2S/c1-11-18-19-15(22-11)6-8-17-16(20)13-7-9-21-14-5-3-2-4-12(14)10-13/h2-5,13H,6-10H2,1H3,(H,17,20)/t13-/m1/s1. The molecule has 3 rings (SSSR count). The topological polar surface area (TPSA) is 64.1 Å². The number of carbonyl (C=O) groups excluding carboxylic acids is 1. The van der Waals surface area contributed by atoms with Gasteiger partial charge in [0, 0.05) is 18.9 Å². The van der Waals surface area contributed by atoms with E-state index in [2.05, 4.69) is 15.5 Å². The first-order valence-corrected chi connectivity index (χ1v) is 8.31. The number of fused-ring (bicyclic) bond motifs is 1. The largest absolute Gasteiger partial charge is 0.493 e. The summed E-state index contributed by atoms with van der Waals surface area (Å²) < 4.78 is 5.71. The number of hydrogen-bond donors (Lipinski definition) is 1. The van der Waals surface area contributed by atoms with Crippen LogP contribution >= 0.6 is 11.3 Å². The molecule has 1 aromatic carbocycles. The third-order valence-electron chi connectivity index (χ3n) is 3.74. The van der Waals surface area contributed by atoms with E-state index in [0.717, 1.165) is 40.6 Å². The van der Waals surface area contributed by atoms with E-state index in [1.807, 2.05) is 31.2 Å². The lowest BCUT2D eigenvalue weighted by Gasteiger charge is -2.13. The average Bonchev–Trinajstić information content (AvgIpc) is 2.81. The minimum atomic E-state index is -0.0280. The fraction of sp³-hybridized carbons (Fsp3) is 0.438. The van der Waals surface area contributed by atoms with E-state index >= 15 is 0 Å². The van der Waals surface area contributed by atoms with Crippen LogP contribution in [0.5, 0.6) is 5.75 Å². The molecule has 6 heteroatoms. The lowest BCUT2D eigenvalue weighted by molar-refractivity contribution is -0.125. The van der Waals surface area contributed by atoms with Crippen LogP contribution in [0, 0.1) is 12.8 Å². The Morgan fingerprint density at radius 3 is 3.09 bits per heavy atom. The van der Waals surface area contributed by atoms with Gasteiger partial charge in [0.25, 0.3) is 0 Å². The van der Waals surface area contributed by atoms with Gasteiger partial charge in [0.15, 0.2) is 0 Å². The fourth-order valence-corrected chi connectivity index (χ4v) is 3.30. The van der Waals surface area contributed by atoms with Crippen LogP contribution in [0.1, 0.15) is 22.0 Å². The molecule has 0 bridgehead atoms. The van der Waals surface area contributed by atoms with Crippen molar-refractivity contribution >= 4 is 17.2 Å². The molecule has 0 aliphatic carbocycles. The number of nitrogens with zero attached hydrogens (tertiary/aromatic N) is 2. The highest BCUT2D eigenvalue weighted by Crippen LogP contribution is 2.26. The van der Waals surface area contributed by atoms with Gasteiger partial charge in [-0.25, -0.2) is 0 Å². The Kier molecular flexibility index (Phi) is 4.68. The molecule has 1 aliphatic heterocycles. The first-order valence-electron chi connectivity index (χ1n) is 7.50. The number of hydrogen-bond acceptors (Lipinski definition) is 5. The Balaban J connectivity index is 1.54. The molecule has 0 saturated heterocycles. The summed E-state index contributed by atoms with van der Waals surface area (Å²) in [5.41, 5.74) is 1.11. The van der Waals surface area contributed by atoms with Gasteiger partial charge in [-0.3, -0.25) is 4.79 Å². The predicted molar refractivity (Wildman–Crippen MR) is 85.1 cm³/mol. The van der Waals surface area contributed by atoms with Crippen molar-refractivity contribution in [2.75, 3.05) is 13.2 Å². The van der Waals surface area contributed by atoms with E-state index in [1.165, 1.54) is 0 Å². The molecule has 2 heterocycles. The third-order valence-corrected chi connectivity index (χ3v) is 4.64. The second kappa shape index (κ2) is 6.87. The van der Waals surface area contributed by atoms with Gasteiger partial charge in [0.1, 0.15) is 15.8 Å². The lowest BCUT2D eigenvalue weighted by Crippen LogP contribution is -2.33. The number of rotatable bonds is 4. The summed E-state index contributed by atoms with van der Waals surface area (Å²) in [5, 5.41) is 13.0. The van der Waals surface area contributed by atoms with Gasteiger partial charge in [-0.15, -0.1) is 21.5 Å². The summed E-state index contributed by atoms with van der Waals surface area (Å²) >= 11 is 1.58. The minimum absolute atomic E-state index is 0.0280. The zero-order valence-corrected chi connectivity index (χ0v) is 13.4. The fourth-order valence-electron chi connectivity index (χ4n) is 2.59. The molecule has 1 N–H and O–H groups in total. The van der Waals surface area contributed by atoms with E-state index < -0.39 is 0 Å². The van der Waals surface area contributed by atoms with Crippen LogP contribution in [0.15, 0.2) is 24.3 Å². The number of carbonyl (C=O) groups is 1. The molecule has 0 spiro atoms. The Morgan fingerprint density at radius 2 is 2.27 bits per heavy atom. The third kappa shape index (κ3) is 3.62. The second-order valence-electron chi connectivity index (χ2n) is 5.40. The molecule has 1 aliphatic rings. The molecule has 1 amide bonds. The highest BCUT2D eigenvalue weighted by Gasteiger charge is 2.23. The van der Waals surface area contributed by atoms with Gasteiger partial charge < -0.3 is 10.1 Å². The molecule has 2 aromatic rings. The lowest BCUT2D eigenvalue weighted by atomic mass is 9.96. The number of ether oxygens (including phenoxy) is 1. The van der Waals surface area contributed by atoms with Crippen molar-refractivity contribution in [2.45, 2.75) is 26.2 Å². The average molecular weight is 317 g/mol. The number of para-hydroxylation sites is 1. The van der Waals surface area contributed by atoms with Gasteiger partial charge in [-0.2, -0.15) is 0 Å². The van der Waals surface area contributed by atoms with Crippen LogP contribution in [0.4, 0.5) is 0 Å². The minimum Gasteiger partial charge on any atom is -0.493 e. The number of aryl methyl sites for hydroxylation is 1. The Morgan fingerprint density at radius 1 is 1.41 bits per heavy atom. The SMILES string of the molecule is Cc1nnc(CCNC(=O)[C@@H]2CCOc3ccccc3C2)s1. The van der Waals surface area contributed by atoms with Crippen LogP contribution in [0.2, 0.25) is 0 Å². The molecule has 5 nitrogen and oxygen atoms in total. The summed E-state index contributed by atoms with van der Waals surface area (Å²) in [6.07, 6.45) is 2.22. The number of amides is 1. The molecule has 1 atom stereocenters. The van der Waals surface area contributed by atoms with Crippen LogP contribution < -0.4 is 10.1 Å². The first-order chi connectivity index (χ1) is 10.7. The van der Waals surface area contributed by atoms with Crippen molar-refractivity contribution in [1.82, 2.24) is 15.5 Å². The second-order valence-corrected chi connectivity index (χ2v) is 6.67. The van der Waals surface area contributed by atoms with Crippen molar-refractivity contribution in [1.29, 1.82) is 0 Å². The van der Waals surface area contributed by atoms with Crippen molar-refractivity contribution < 1.29 is 9.53 Å². The van der Waals surface area contributed by atoms with Gasteiger partial charge in [0.05, 0.1) is 6.61 Å².